The fourth-order valence-corrected chi connectivity index (χ4v) is 2.33. The number of benzene rings is 1. The molecule has 0 saturated heterocycles. The zero-order valence-corrected chi connectivity index (χ0v) is 11.2. The average Bonchev–Trinajstić information content (AvgIpc) is 2.46. The van der Waals surface area contributed by atoms with Gasteiger partial charge in [0.05, 0.1) is 7.11 Å². The van der Waals surface area contributed by atoms with Crippen molar-refractivity contribution in [2.24, 2.45) is 0 Å². The number of thioether (sulfide) groups is 1. The molecule has 0 radical (unpaired) electrons. The molecule has 19 heavy (non-hydrogen) atoms. The topological polar surface area (TPSA) is 75.5 Å². The van der Waals surface area contributed by atoms with Crippen LogP contribution in [0, 0.1) is 0 Å². The lowest BCUT2D eigenvalue weighted by atomic mass is 9.79. The van der Waals surface area contributed by atoms with Crippen LogP contribution < -0.4 is 10.2 Å². The van der Waals surface area contributed by atoms with Gasteiger partial charge in [0, 0.05) is 23.6 Å². The van der Waals surface area contributed by atoms with Gasteiger partial charge in [0.15, 0.2) is 5.16 Å². The Morgan fingerprint density at radius 2 is 2.00 bits per heavy atom. The molecule has 0 unspecified atom stereocenters. The molecule has 0 spiro atoms. The van der Waals surface area contributed by atoms with Gasteiger partial charge in [-0.15, -0.1) is 0 Å². The lowest BCUT2D eigenvalue weighted by Gasteiger charge is -2.09. The van der Waals surface area contributed by atoms with Crippen molar-refractivity contribution < 1.29 is 14.8 Å². The Balaban J connectivity index is 2.11. The number of rotatable bonds is 5. The highest BCUT2D eigenvalue weighted by Crippen LogP contribution is 2.19. The molecule has 2 N–H and O–H groups in total. The lowest BCUT2D eigenvalue weighted by Crippen LogP contribution is -2.31. The maximum atomic E-state index is 9.29. The molecule has 0 atom stereocenters. The van der Waals surface area contributed by atoms with Crippen molar-refractivity contribution in [3.05, 3.63) is 42.2 Å². The number of hydrogen-bond donors (Lipinski definition) is 2. The first-order valence-corrected chi connectivity index (χ1v) is 6.62. The first kappa shape index (κ1) is 13.9. The molecule has 2 aromatic rings. The molecule has 0 saturated carbocycles. The van der Waals surface area contributed by atoms with Crippen molar-refractivity contribution >= 4 is 24.3 Å². The summed E-state index contributed by atoms with van der Waals surface area (Å²) in [6.07, 6.45) is 3.37. The van der Waals surface area contributed by atoms with Crippen LogP contribution in [0.3, 0.4) is 0 Å². The molecule has 5 nitrogen and oxygen atoms in total. The van der Waals surface area contributed by atoms with Crippen molar-refractivity contribution in [3.8, 4) is 5.75 Å². The van der Waals surface area contributed by atoms with E-state index in [0.29, 0.717) is 22.1 Å². The standard InChI is InChI=1S/C12H13BN2O3S/c1-18-11-4-3-9(7-10(11)13(16)17)8-19-12-14-5-2-6-15-12/h2-7,16-17H,8H2,1H3. The molecular formula is C12H13BN2O3S. The molecule has 0 amide bonds. The second-order valence-electron chi connectivity index (χ2n) is 3.77. The largest absolute Gasteiger partial charge is 0.497 e. The van der Waals surface area contributed by atoms with Gasteiger partial charge in [0.1, 0.15) is 5.75 Å². The lowest BCUT2D eigenvalue weighted by molar-refractivity contribution is 0.403. The molecule has 0 aliphatic rings. The summed E-state index contributed by atoms with van der Waals surface area (Å²) in [7, 11) is -0.0548. The van der Waals surface area contributed by atoms with Crippen LogP contribution in [0.5, 0.6) is 5.75 Å². The third-order valence-electron chi connectivity index (χ3n) is 2.48. The second kappa shape index (κ2) is 6.56. The van der Waals surface area contributed by atoms with E-state index in [1.807, 2.05) is 6.07 Å². The maximum absolute atomic E-state index is 9.29. The van der Waals surface area contributed by atoms with Crippen LogP contribution >= 0.6 is 11.8 Å². The van der Waals surface area contributed by atoms with Gasteiger partial charge >= 0.3 is 7.12 Å². The van der Waals surface area contributed by atoms with Crippen molar-refractivity contribution in [2.75, 3.05) is 7.11 Å². The third-order valence-corrected chi connectivity index (χ3v) is 3.43. The highest BCUT2D eigenvalue weighted by atomic mass is 32.2. The molecular weight excluding hydrogens is 263 g/mol. The van der Waals surface area contributed by atoms with Crippen LogP contribution in [0.25, 0.3) is 0 Å². The minimum atomic E-state index is -1.55. The SMILES string of the molecule is COc1ccc(CSc2ncccn2)cc1B(O)O. The van der Waals surface area contributed by atoms with Gasteiger partial charge in [-0.2, -0.15) is 0 Å². The minimum absolute atomic E-state index is 0.356. The van der Waals surface area contributed by atoms with Crippen LogP contribution in [0.15, 0.2) is 41.8 Å². The number of nitrogens with zero attached hydrogens (tertiary/aromatic N) is 2. The smallest absolute Gasteiger partial charge is 0.492 e. The molecule has 0 fully saturated rings. The van der Waals surface area contributed by atoms with Crippen LogP contribution in [-0.4, -0.2) is 34.2 Å². The molecule has 2 rings (SSSR count). The summed E-state index contributed by atoms with van der Waals surface area (Å²) in [4.78, 5) is 8.23. The third kappa shape index (κ3) is 3.70. The normalized spacial score (nSPS) is 10.3. The monoisotopic (exact) mass is 276 g/mol. The Morgan fingerprint density at radius 3 is 2.63 bits per heavy atom. The molecule has 1 aromatic heterocycles. The Morgan fingerprint density at radius 1 is 1.26 bits per heavy atom. The first-order chi connectivity index (χ1) is 9.20. The van der Waals surface area contributed by atoms with E-state index in [-0.39, 0.29) is 0 Å². The fourth-order valence-electron chi connectivity index (χ4n) is 1.58. The van der Waals surface area contributed by atoms with E-state index in [4.69, 9.17) is 4.74 Å². The predicted octanol–water partition coefficient (Wildman–Crippen LogP) is 0.457. The summed E-state index contributed by atoms with van der Waals surface area (Å²) < 4.78 is 5.07. The van der Waals surface area contributed by atoms with Gasteiger partial charge < -0.3 is 14.8 Å². The van der Waals surface area contributed by atoms with Gasteiger partial charge in [-0.1, -0.05) is 23.9 Å². The molecule has 0 aliphatic carbocycles. The summed E-state index contributed by atoms with van der Waals surface area (Å²) in [5.74, 6) is 1.10. The van der Waals surface area contributed by atoms with E-state index in [1.165, 1.54) is 18.9 Å². The van der Waals surface area contributed by atoms with E-state index >= 15 is 0 Å². The van der Waals surface area contributed by atoms with Gasteiger partial charge in [-0.25, -0.2) is 9.97 Å². The van der Waals surface area contributed by atoms with Crippen molar-refractivity contribution in [3.63, 3.8) is 0 Å². The van der Waals surface area contributed by atoms with Crippen LogP contribution in [-0.2, 0) is 5.75 Å². The van der Waals surface area contributed by atoms with E-state index in [0.717, 1.165) is 5.56 Å². The van der Waals surface area contributed by atoms with Gasteiger partial charge in [-0.3, -0.25) is 0 Å². The van der Waals surface area contributed by atoms with Crippen molar-refractivity contribution in [1.29, 1.82) is 0 Å². The van der Waals surface area contributed by atoms with E-state index in [2.05, 4.69) is 9.97 Å². The maximum Gasteiger partial charge on any atom is 0.492 e. The highest BCUT2D eigenvalue weighted by Gasteiger charge is 2.17. The molecule has 0 aliphatic heterocycles. The Labute approximate surface area is 115 Å². The highest BCUT2D eigenvalue weighted by molar-refractivity contribution is 7.98. The number of ether oxygens (including phenoxy) is 1. The van der Waals surface area contributed by atoms with Gasteiger partial charge in [0.25, 0.3) is 0 Å². The van der Waals surface area contributed by atoms with Gasteiger partial charge in [-0.05, 0) is 17.7 Å². The molecule has 7 heteroatoms. The zero-order chi connectivity index (χ0) is 13.7. The zero-order valence-electron chi connectivity index (χ0n) is 10.4. The summed E-state index contributed by atoms with van der Waals surface area (Å²) >= 11 is 1.48. The average molecular weight is 276 g/mol. The quantitative estimate of drug-likeness (QED) is 0.469. The predicted molar refractivity (Wildman–Crippen MR) is 74.4 cm³/mol. The molecule has 1 aromatic carbocycles. The van der Waals surface area contributed by atoms with Crippen molar-refractivity contribution in [2.45, 2.75) is 10.9 Å². The van der Waals surface area contributed by atoms with Crippen LogP contribution in [0.4, 0.5) is 0 Å². The van der Waals surface area contributed by atoms with Crippen LogP contribution in [0.2, 0.25) is 0 Å². The van der Waals surface area contributed by atoms with E-state index in [1.54, 1.807) is 30.6 Å². The van der Waals surface area contributed by atoms with E-state index in [9.17, 15) is 10.0 Å². The molecule has 1 heterocycles. The van der Waals surface area contributed by atoms with Crippen molar-refractivity contribution in [1.82, 2.24) is 9.97 Å². The Hall–Kier alpha value is -1.57. The second-order valence-corrected chi connectivity index (χ2v) is 4.71. The minimum Gasteiger partial charge on any atom is -0.497 e. The Bertz CT molecular complexity index is 540. The van der Waals surface area contributed by atoms with Crippen LogP contribution in [0.1, 0.15) is 5.56 Å². The fraction of sp³-hybridized carbons (Fsp3) is 0.167. The first-order valence-electron chi connectivity index (χ1n) is 5.63. The summed E-state index contributed by atoms with van der Waals surface area (Å²) in [6, 6.07) is 7.06. The summed E-state index contributed by atoms with van der Waals surface area (Å²) in [5, 5.41) is 19.3. The summed E-state index contributed by atoms with van der Waals surface area (Å²) in [5.41, 5.74) is 1.30. The molecule has 98 valence electrons. The number of aromatic nitrogens is 2. The summed E-state index contributed by atoms with van der Waals surface area (Å²) in [6.45, 7) is 0. The number of methoxy groups -OCH3 is 1. The Kier molecular flexibility index (Phi) is 4.78. The van der Waals surface area contributed by atoms with Gasteiger partial charge in [0.2, 0.25) is 0 Å². The molecule has 0 bridgehead atoms. The van der Waals surface area contributed by atoms with E-state index < -0.39 is 7.12 Å². The number of hydrogen-bond acceptors (Lipinski definition) is 6.